The van der Waals surface area contributed by atoms with Crippen LogP contribution in [-0.2, 0) is 0 Å². The summed E-state index contributed by atoms with van der Waals surface area (Å²) in [6, 6.07) is 9.12. The molecule has 0 aliphatic carbocycles. The van der Waals surface area contributed by atoms with Crippen molar-refractivity contribution in [2.75, 3.05) is 26.7 Å². The average molecular weight is 355 g/mol. The highest BCUT2D eigenvalue weighted by Crippen LogP contribution is 2.26. The minimum atomic E-state index is 0.291. The molecule has 2 atom stereocenters. The van der Waals surface area contributed by atoms with E-state index in [4.69, 9.17) is 0 Å². The highest BCUT2D eigenvalue weighted by atomic mass is 79.9. The maximum atomic E-state index is 9.61. The standard InChI is InChI=1S/C17H27BrN2O/c1-19-17(15-8-4-5-9-16(15)18)10-12-20-11-6-2-3-7-14(20)13-21/h4-5,8-9,14,17,19,21H,2-3,6-7,10-13H2,1H3. The summed E-state index contributed by atoms with van der Waals surface area (Å²) in [5.41, 5.74) is 1.32. The van der Waals surface area contributed by atoms with Crippen molar-refractivity contribution in [3.8, 4) is 0 Å². The third-order valence-corrected chi connectivity index (χ3v) is 5.27. The quantitative estimate of drug-likeness (QED) is 0.822. The first-order chi connectivity index (χ1) is 10.3. The Kier molecular flexibility index (Phi) is 7.17. The van der Waals surface area contributed by atoms with Crippen molar-refractivity contribution in [1.82, 2.24) is 10.2 Å². The molecule has 1 heterocycles. The van der Waals surface area contributed by atoms with Crippen LogP contribution < -0.4 is 5.32 Å². The molecule has 1 aliphatic heterocycles. The zero-order valence-corrected chi connectivity index (χ0v) is 14.5. The molecule has 0 spiro atoms. The molecule has 0 bridgehead atoms. The largest absolute Gasteiger partial charge is 0.395 e. The van der Waals surface area contributed by atoms with Gasteiger partial charge in [-0.2, -0.15) is 0 Å². The van der Waals surface area contributed by atoms with Gasteiger partial charge in [-0.25, -0.2) is 0 Å². The molecule has 1 aromatic carbocycles. The fraction of sp³-hybridized carbons (Fsp3) is 0.647. The first-order valence-corrected chi connectivity index (χ1v) is 8.82. The molecule has 1 aliphatic rings. The number of aliphatic hydroxyl groups excluding tert-OH is 1. The average Bonchev–Trinajstić information content (AvgIpc) is 2.74. The predicted octanol–water partition coefficient (Wildman–Crippen LogP) is 3.34. The first-order valence-electron chi connectivity index (χ1n) is 8.03. The van der Waals surface area contributed by atoms with Gasteiger partial charge in [0.15, 0.2) is 0 Å². The van der Waals surface area contributed by atoms with Gasteiger partial charge < -0.3 is 10.4 Å². The minimum absolute atomic E-state index is 0.291. The van der Waals surface area contributed by atoms with Crippen LogP contribution in [0.2, 0.25) is 0 Å². The van der Waals surface area contributed by atoms with Crippen LogP contribution in [0.25, 0.3) is 0 Å². The van der Waals surface area contributed by atoms with Gasteiger partial charge in [0.25, 0.3) is 0 Å². The number of benzene rings is 1. The molecule has 0 aromatic heterocycles. The van der Waals surface area contributed by atoms with Crippen molar-refractivity contribution in [3.05, 3.63) is 34.3 Å². The SMILES string of the molecule is CNC(CCN1CCCCCC1CO)c1ccccc1Br. The highest BCUT2D eigenvalue weighted by Gasteiger charge is 2.21. The lowest BCUT2D eigenvalue weighted by atomic mass is 10.0. The number of rotatable bonds is 6. The summed E-state index contributed by atoms with van der Waals surface area (Å²) in [4.78, 5) is 2.48. The van der Waals surface area contributed by atoms with Crippen LogP contribution in [0.5, 0.6) is 0 Å². The van der Waals surface area contributed by atoms with E-state index < -0.39 is 0 Å². The van der Waals surface area contributed by atoms with Gasteiger partial charge in [0.05, 0.1) is 6.61 Å². The summed E-state index contributed by atoms with van der Waals surface area (Å²) in [6.45, 7) is 2.45. The van der Waals surface area contributed by atoms with E-state index in [1.54, 1.807) is 0 Å². The van der Waals surface area contributed by atoms with Crippen LogP contribution >= 0.6 is 15.9 Å². The number of aliphatic hydroxyl groups is 1. The van der Waals surface area contributed by atoms with Crippen LogP contribution in [0.1, 0.15) is 43.7 Å². The van der Waals surface area contributed by atoms with Gasteiger partial charge in [-0.15, -0.1) is 0 Å². The van der Waals surface area contributed by atoms with E-state index in [2.05, 4.69) is 50.4 Å². The first kappa shape index (κ1) is 16.9. The van der Waals surface area contributed by atoms with Crippen molar-refractivity contribution in [1.29, 1.82) is 0 Å². The molecular weight excluding hydrogens is 328 g/mol. The molecule has 0 amide bonds. The monoisotopic (exact) mass is 354 g/mol. The lowest BCUT2D eigenvalue weighted by Gasteiger charge is -2.30. The van der Waals surface area contributed by atoms with E-state index >= 15 is 0 Å². The van der Waals surface area contributed by atoms with Crippen molar-refractivity contribution in [3.63, 3.8) is 0 Å². The summed E-state index contributed by atoms with van der Waals surface area (Å²) in [7, 11) is 2.02. The molecule has 0 saturated carbocycles. The van der Waals surface area contributed by atoms with Crippen LogP contribution in [0, 0.1) is 0 Å². The molecule has 0 radical (unpaired) electrons. The maximum absolute atomic E-state index is 9.61. The van der Waals surface area contributed by atoms with E-state index in [1.807, 2.05) is 7.05 Å². The Hall–Kier alpha value is -0.420. The van der Waals surface area contributed by atoms with Crippen molar-refractivity contribution in [2.24, 2.45) is 0 Å². The molecule has 4 heteroatoms. The van der Waals surface area contributed by atoms with Gasteiger partial charge in [0, 0.05) is 23.1 Å². The van der Waals surface area contributed by atoms with Crippen LogP contribution in [-0.4, -0.2) is 42.8 Å². The second-order valence-corrected chi connectivity index (χ2v) is 6.73. The normalized spacial score (nSPS) is 22.0. The molecule has 1 aromatic rings. The van der Waals surface area contributed by atoms with Gasteiger partial charge in [-0.1, -0.05) is 47.0 Å². The third kappa shape index (κ3) is 4.78. The Balaban J connectivity index is 1.97. The zero-order valence-electron chi connectivity index (χ0n) is 12.9. The lowest BCUT2D eigenvalue weighted by Crippen LogP contribution is -2.39. The van der Waals surface area contributed by atoms with Crippen molar-refractivity contribution in [2.45, 2.75) is 44.2 Å². The van der Waals surface area contributed by atoms with E-state index in [0.717, 1.165) is 25.9 Å². The summed E-state index contributed by atoms with van der Waals surface area (Å²) in [5, 5.41) is 13.0. The number of halogens is 1. The minimum Gasteiger partial charge on any atom is -0.395 e. The Morgan fingerprint density at radius 3 is 2.86 bits per heavy atom. The van der Waals surface area contributed by atoms with Gasteiger partial charge in [0.2, 0.25) is 0 Å². The molecule has 1 saturated heterocycles. The molecule has 21 heavy (non-hydrogen) atoms. The maximum Gasteiger partial charge on any atom is 0.0586 e. The van der Waals surface area contributed by atoms with E-state index in [-0.39, 0.29) is 0 Å². The van der Waals surface area contributed by atoms with Crippen LogP contribution in [0.15, 0.2) is 28.7 Å². The summed E-state index contributed by atoms with van der Waals surface area (Å²) in [5.74, 6) is 0. The molecule has 2 rings (SSSR count). The van der Waals surface area contributed by atoms with E-state index in [1.165, 1.54) is 29.3 Å². The summed E-state index contributed by atoms with van der Waals surface area (Å²) >= 11 is 3.65. The lowest BCUT2D eigenvalue weighted by molar-refractivity contribution is 0.120. The number of nitrogens with zero attached hydrogens (tertiary/aromatic N) is 1. The second kappa shape index (κ2) is 8.89. The van der Waals surface area contributed by atoms with Gasteiger partial charge in [-0.05, 0) is 44.5 Å². The Morgan fingerprint density at radius 2 is 2.14 bits per heavy atom. The van der Waals surface area contributed by atoms with Crippen molar-refractivity contribution >= 4 is 15.9 Å². The number of hydrogen-bond acceptors (Lipinski definition) is 3. The molecule has 2 N–H and O–H groups in total. The van der Waals surface area contributed by atoms with Gasteiger partial charge >= 0.3 is 0 Å². The highest BCUT2D eigenvalue weighted by molar-refractivity contribution is 9.10. The molecule has 3 nitrogen and oxygen atoms in total. The third-order valence-electron chi connectivity index (χ3n) is 4.54. The fourth-order valence-corrected chi connectivity index (χ4v) is 3.81. The summed E-state index contributed by atoms with van der Waals surface area (Å²) < 4.78 is 1.17. The Bertz CT molecular complexity index is 427. The van der Waals surface area contributed by atoms with Crippen LogP contribution in [0.4, 0.5) is 0 Å². The van der Waals surface area contributed by atoms with Crippen molar-refractivity contribution < 1.29 is 5.11 Å². The predicted molar refractivity (Wildman–Crippen MR) is 91.5 cm³/mol. The van der Waals surface area contributed by atoms with Crippen LogP contribution in [0.3, 0.4) is 0 Å². The number of nitrogens with one attached hydrogen (secondary N) is 1. The summed E-state index contributed by atoms with van der Waals surface area (Å²) in [6.07, 6.45) is 6.01. The molecule has 2 unspecified atom stereocenters. The van der Waals surface area contributed by atoms with Gasteiger partial charge in [0.1, 0.15) is 0 Å². The Morgan fingerprint density at radius 1 is 1.33 bits per heavy atom. The topological polar surface area (TPSA) is 35.5 Å². The molecule has 118 valence electrons. The number of hydrogen-bond donors (Lipinski definition) is 2. The molecule has 1 fully saturated rings. The number of likely N-dealkylation sites (tertiary alicyclic amines) is 1. The van der Waals surface area contributed by atoms with Gasteiger partial charge in [-0.3, -0.25) is 4.90 Å². The molecular formula is C17H27BrN2O. The van der Waals surface area contributed by atoms with E-state index in [0.29, 0.717) is 18.7 Å². The second-order valence-electron chi connectivity index (χ2n) is 5.87. The zero-order chi connectivity index (χ0) is 15.1. The Labute approximate surface area is 136 Å². The smallest absolute Gasteiger partial charge is 0.0586 e. The fourth-order valence-electron chi connectivity index (χ4n) is 3.25. The van der Waals surface area contributed by atoms with E-state index in [9.17, 15) is 5.11 Å².